The SMILES string of the molecule is CC(C)S[B]SC(C)C. The first kappa shape index (κ1) is 9.76. The predicted molar refractivity (Wildman–Crippen MR) is 51.2 cm³/mol. The minimum atomic E-state index is 0.733. The molecule has 0 aliphatic heterocycles. The fourth-order valence-corrected chi connectivity index (χ4v) is 2.29. The Morgan fingerprint density at radius 3 is 1.44 bits per heavy atom. The van der Waals surface area contributed by atoms with Crippen molar-refractivity contribution in [2.45, 2.75) is 38.2 Å². The van der Waals surface area contributed by atoms with Crippen LogP contribution in [0, 0.1) is 0 Å². The van der Waals surface area contributed by atoms with Crippen molar-refractivity contribution in [1.82, 2.24) is 0 Å². The van der Waals surface area contributed by atoms with Gasteiger partial charge in [-0.15, -0.1) is 0 Å². The molecule has 0 atom stereocenters. The van der Waals surface area contributed by atoms with Gasteiger partial charge in [0.15, 0.2) is 0 Å². The van der Waals surface area contributed by atoms with E-state index in [2.05, 4.69) is 33.5 Å². The molecular formula is C6H14BS2. The summed E-state index contributed by atoms with van der Waals surface area (Å²) < 4.78 is 0. The van der Waals surface area contributed by atoms with Crippen LogP contribution in [0.4, 0.5) is 0 Å². The molecule has 0 amide bonds. The first-order valence-corrected chi connectivity index (χ1v) is 5.14. The molecular weight excluding hydrogens is 147 g/mol. The molecule has 0 nitrogen and oxygen atoms in total. The van der Waals surface area contributed by atoms with E-state index in [4.69, 9.17) is 0 Å². The molecule has 0 aromatic carbocycles. The lowest BCUT2D eigenvalue weighted by atomic mass is 10.6. The zero-order valence-corrected chi connectivity index (χ0v) is 8.18. The van der Waals surface area contributed by atoms with Crippen LogP contribution in [0.5, 0.6) is 0 Å². The maximum Gasteiger partial charge on any atom is 0.268 e. The van der Waals surface area contributed by atoms with Crippen LogP contribution in [0.25, 0.3) is 0 Å². The van der Waals surface area contributed by atoms with E-state index in [1.165, 1.54) is 0 Å². The van der Waals surface area contributed by atoms with Gasteiger partial charge in [0.2, 0.25) is 0 Å². The van der Waals surface area contributed by atoms with Gasteiger partial charge >= 0.3 is 0 Å². The molecule has 0 rings (SSSR count). The Labute approximate surface area is 67.6 Å². The molecule has 0 saturated heterocycles. The highest BCUT2D eigenvalue weighted by atomic mass is 32.2. The van der Waals surface area contributed by atoms with E-state index in [9.17, 15) is 0 Å². The van der Waals surface area contributed by atoms with Crippen LogP contribution in [0.2, 0.25) is 0 Å². The van der Waals surface area contributed by atoms with Gasteiger partial charge in [0, 0.05) is 0 Å². The fraction of sp³-hybridized carbons (Fsp3) is 1.00. The molecule has 0 unspecified atom stereocenters. The molecule has 0 aromatic rings. The highest BCUT2D eigenvalue weighted by Crippen LogP contribution is 2.17. The number of hydrogen-bond acceptors (Lipinski definition) is 2. The van der Waals surface area contributed by atoms with Crippen LogP contribution >= 0.6 is 23.2 Å². The maximum absolute atomic E-state index is 2.23. The Bertz CT molecular complexity index is 56.1. The summed E-state index contributed by atoms with van der Waals surface area (Å²) in [4.78, 5) is 0. The minimum Gasteiger partial charge on any atom is -0.199 e. The van der Waals surface area contributed by atoms with Crippen molar-refractivity contribution in [2.24, 2.45) is 0 Å². The molecule has 0 aliphatic carbocycles. The van der Waals surface area contributed by atoms with E-state index in [0.717, 1.165) is 10.5 Å². The van der Waals surface area contributed by atoms with E-state index in [1.54, 1.807) is 0 Å². The quantitative estimate of drug-likeness (QED) is 0.581. The van der Waals surface area contributed by atoms with Gasteiger partial charge in [0.25, 0.3) is 5.84 Å². The Morgan fingerprint density at radius 1 is 0.889 bits per heavy atom. The first-order chi connectivity index (χ1) is 4.13. The Morgan fingerprint density at radius 2 is 1.22 bits per heavy atom. The predicted octanol–water partition coefficient (Wildman–Crippen LogP) is 2.80. The monoisotopic (exact) mass is 161 g/mol. The molecule has 0 fully saturated rings. The van der Waals surface area contributed by atoms with Gasteiger partial charge in [-0.1, -0.05) is 27.7 Å². The molecule has 0 spiro atoms. The summed E-state index contributed by atoms with van der Waals surface area (Å²) in [6.07, 6.45) is 0. The zero-order chi connectivity index (χ0) is 7.28. The van der Waals surface area contributed by atoms with Crippen molar-refractivity contribution in [3.8, 4) is 0 Å². The van der Waals surface area contributed by atoms with E-state index in [1.807, 2.05) is 23.2 Å². The summed E-state index contributed by atoms with van der Waals surface area (Å²) >= 11 is 3.80. The molecule has 3 heteroatoms. The van der Waals surface area contributed by atoms with Crippen molar-refractivity contribution < 1.29 is 0 Å². The first-order valence-electron chi connectivity index (χ1n) is 3.25. The highest BCUT2D eigenvalue weighted by Gasteiger charge is 1.98. The van der Waals surface area contributed by atoms with E-state index >= 15 is 0 Å². The van der Waals surface area contributed by atoms with E-state index in [-0.39, 0.29) is 0 Å². The van der Waals surface area contributed by atoms with Crippen molar-refractivity contribution in [2.75, 3.05) is 0 Å². The molecule has 53 valence electrons. The van der Waals surface area contributed by atoms with Crippen molar-refractivity contribution in [3.63, 3.8) is 0 Å². The molecule has 9 heavy (non-hydrogen) atoms. The second-order valence-corrected chi connectivity index (χ2v) is 5.67. The molecule has 0 N–H and O–H groups in total. The Balaban J connectivity index is 2.91. The third-order valence-corrected chi connectivity index (χ3v) is 2.63. The van der Waals surface area contributed by atoms with Crippen LogP contribution in [0.3, 0.4) is 0 Å². The van der Waals surface area contributed by atoms with Crippen molar-refractivity contribution in [1.29, 1.82) is 0 Å². The van der Waals surface area contributed by atoms with Gasteiger partial charge in [-0.3, -0.25) is 0 Å². The smallest absolute Gasteiger partial charge is 0.199 e. The van der Waals surface area contributed by atoms with Gasteiger partial charge in [-0.2, -0.15) is 23.2 Å². The maximum atomic E-state index is 2.23. The summed E-state index contributed by atoms with van der Waals surface area (Å²) in [6, 6.07) is 0. The van der Waals surface area contributed by atoms with Crippen LogP contribution in [0.1, 0.15) is 27.7 Å². The van der Waals surface area contributed by atoms with E-state index < -0.39 is 0 Å². The lowest BCUT2D eigenvalue weighted by molar-refractivity contribution is 1.12. The van der Waals surface area contributed by atoms with Gasteiger partial charge < -0.3 is 0 Å². The Hall–Kier alpha value is 0.765. The van der Waals surface area contributed by atoms with Gasteiger partial charge in [-0.25, -0.2) is 0 Å². The number of hydrogen-bond donors (Lipinski definition) is 0. The van der Waals surface area contributed by atoms with Gasteiger partial charge in [-0.05, 0) is 10.5 Å². The zero-order valence-electron chi connectivity index (χ0n) is 6.55. The summed E-state index contributed by atoms with van der Waals surface area (Å²) in [7, 11) is 0. The van der Waals surface area contributed by atoms with Crippen LogP contribution < -0.4 is 0 Å². The lowest BCUT2D eigenvalue weighted by Gasteiger charge is -2.04. The van der Waals surface area contributed by atoms with Gasteiger partial charge in [0.1, 0.15) is 0 Å². The number of rotatable bonds is 4. The molecule has 0 heterocycles. The topological polar surface area (TPSA) is 0 Å². The third-order valence-electron chi connectivity index (χ3n) is 0.655. The second kappa shape index (κ2) is 5.54. The van der Waals surface area contributed by atoms with E-state index in [0.29, 0.717) is 0 Å². The average Bonchev–Trinajstić information content (AvgIpc) is 1.63. The minimum absolute atomic E-state index is 0.733. The normalized spacial score (nSPS) is 10.9. The summed E-state index contributed by atoms with van der Waals surface area (Å²) in [5.41, 5.74) is 0. The Kier molecular flexibility index (Phi) is 6.01. The molecule has 0 aromatic heterocycles. The van der Waals surface area contributed by atoms with Crippen molar-refractivity contribution >= 4 is 29.1 Å². The molecule has 0 aliphatic rings. The standard InChI is InChI=1S/C6H14BS2/c1-5(2)8-7-9-6(3)4/h5-6H,1-4H3. The fourth-order valence-electron chi connectivity index (χ4n) is 0.254. The largest absolute Gasteiger partial charge is 0.268 e. The second-order valence-electron chi connectivity index (χ2n) is 2.47. The highest BCUT2D eigenvalue weighted by molar-refractivity contribution is 8.50. The van der Waals surface area contributed by atoms with Crippen LogP contribution in [-0.2, 0) is 0 Å². The molecule has 0 saturated carbocycles. The summed E-state index contributed by atoms with van der Waals surface area (Å²) in [5, 5.41) is 1.47. The summed E-state index contributed by atoms with van der Waals surface area (Å²) in [6.45, 7) is 8.84. The van der Waals surface area contributed by atoms with Crippen LogP contribution in [0.15, 0.2) is 0 Å². The van der Waals surface area contributed by atoms with Gasteiger partial charge in [0.05, 0.1) is 0 Å². The lowest BCUT2D eigenvalue weighted by Crippen LogP contribution is -1.94. The summed E-state index contributed by atoms with van der Waals surface area (Å²) in [5.74, 6) is 2.23. The third kappa shape index (κ3) is 8.76. The van der Waals surface area contributed by atoms with Crippen LogP contribution in [-0.4, -0.2) is 16.3 Å². The molecule has 1 radical (unpaired) electrons. The van der Waals surface area contributed by atoms with Crippen molar-refractivity contribution in [3.05, 3.63) is 0 Å². The molecule has 0 bridgehead atoms. The average molecular weight is 161 g/mol.